The Morgan fingerprint density at radius 3 is 2.16 bits per heavy atom. The number of ether oxygens (including phenoxy) is 4. The second kappa shape index (κ2) is 14.1. The quantitative estimate of drug-likeness (QED) is 0.0914. The number of carbonyl (C=O) groups is 5. The van der Waals surface area contributed by atoms with E-state index in [1.165, 1.54) is 12.5 Å². The standard InChI is InChI=1S/C28H45N5O10SSi/c1-26(2,3)42-18(34)14-41-32-19(16-15-44-23(29-16)31-24(37)43-27(4,5)6)21(35)30-20-17(13-40-25(38)39-10)33(22(20)36)45(11,12)28(7,8)9/h15,17,20H,13-14H2,1-12H3,(H,30,35)(H,29,31,37)/b32-19-/t17-,20+/m0/s1. The van der Waals surface area contributed by atoms with Gasteiger partial charge in [0.15, 0.2) is 19.1 Å². The molecule has 0 spiro atoms. The molecule has 1 saturated heterocycles. The molecule has 1 aliphatic heterocycles. The fraction of sp³-hybridized carbons (Fsp3) is 0.679. The van der Waals surface area contributed by atoms with E-state index in [1.54, 1.807) is 46.1 Å². The van der Waals surface area contributed by atoms with Gasteiger partial charge in [0.05, 0.1) is 13.2 Å². The molecule has 17 heteroatoms. The van der Waals surface area contributed by atoms with Crippen molar-refractivity contribution in [1.82, 2.24) is 14.9 Å². The summed E-state index contributed by atoms with van der Waals surface area (Å²) in [5, 5.41) is 10.3. The van der Waals surface area contributed by atoms with Crippen LogP contribution in [0.2, 0.25) is 18.1 Å². The summed E-state index contributed by atoms with van der Waals surface area (Å²) >= 11 is 0.985. The zero-order valence-corrected chi connectivity index (χ0v) is 29.8. The number of hydrogen-bond acceptors (Lipinski definition) is 13. The van der Waals surface area contributed by atoms with Crippen molar-refractivity contribution in [2.24, 2.45) is 5.16 Å². The first-order chi connectivity index (χ1) is 20.5. The first-order valence-electron chi connectivity index (χ1n) is 14.2. The molecule has 2 N–H and O–H groups in total. The summed E-state index contributed by atoms with van der Waals surface area (Å²) in [5.74, 6) is -1.94. The van der Waals surface area contributed by atoms with Crippen LogP contribution in [0.1, 0.15) is 68.0 Å². The molecule has 0 bridgehead atoms. The number of amides is 3. The fourth-order valence-electron chi connectivity index (χ4n) is 3.90. The number of nitrogens with zero attached hydrogens (tertiary/aromatic N) is 3. The van der Waals surface area contributed by atoms with Gasteiger partial charge >= 0.3 is 18.2 Å². The first kappa shape index (κ1) is 37.5. The van der Waals surface area contributed by atoms with Gasteiger partial charge in [0.1, 0.15) is 29.5 Å². The Balaban J connectivity index is 2.37. The number of nitrogens with one attached hydrogen (secondary N) is 2. The molecule has 0 aliphatic carbocycles. The average molecular weight is 672 g/mol. The SMILES string of the molecule is COC(=O)OC[C@H]1[C@@H](NC(=O)/C(=N\OCC(=O)OC(C)(C)C)c2csc(NC(=O)OC(C)(C)C)n2)C(=O)N1[Si](C)(C)C(C)(C)C. The van der Waals surface area contributed by atoms with Gasteiger partial charge in [-0.3, -0.25) is 14.9 Å². The summed E-state index contributed by atoms with van der Waals surface area (Å²) in [7, 11) is -1.30. The van der Waals surface area contributed by atoms with E-state index in [2.05, 4.69) is 25.5 Å². The maximum absolute atomic E-state index is 13.6. The lowest BCUT2D eigenvalue weighted by Gasteiger charge is -2.57. The van der Waals surface area contributed by atoms with E-state index in [0.717, 1.165) is 11.3 Å². The smallest absolute Gasteiger partial charge is 0.457 e. The monoisotopic (exact) mass is 671 g/mol. The zero-order valence-electron chi connectivity index (χ0n) is 28.0. The lowest BCUT2D eigenvalue weighted by atomic mass is 9.99. The molecule has 2 heterocycles. The molecular formula is C28H45N5O10SSi. The molecule has 1 aromatic rings. The summed E-state index contributed by atoms with van der Waals surface area (Å²) in [6, 6.07) is -1.77. The third kappa shape index (κ3) is 10.4. The van der Waals surface area contributed by atoms with E-state index in [1.807, 2.05) is 33.9 Å². The van der Waals surface area contributed by atoms with E-state index >= 15 is 0 Å². The van der Waals surface area contributed by atoms with Crippen LogP contribution < -0.4 is 10.6 Å². The Morgan fingerprint density at radius 2 is 1.62 bits per heavy atom. The Kier molecular flexibility index (Phi) is 11.8. The van der Waals surface area contributed by atoms with Gasteiger partial charge in [-0.25, -0.2) is 19.4 Å². The van der Waals surface area contributed by atoms with Crippen LogP contribution in [0.3, 0.4) is 0 Å². The molecule has 0 radical (unpaired) electrons. The molecule has 3 amide bonds. The van der Waals surface area contributed by atoms with Gasteiger partial charge < -0.3 is 33.7 Å². The molecule has 1 aliphatic rings. The molecule has 0 unspecified atom stereocenters. The molecule has 45 heavy (non-hydrogen) atoms. The van der Waals surface area contributed by atoms with Gasteiger partial charge in [-0.1, -0.05) is 39.0 Å². The number of hydrogen-bond donors (Lipinski definition) is 2. The van der Waals surface area contributed by atoms with Crippen molar-refractivity contribution in [3.63, 3.8) is 0 Å². The van der Waals surface area contributed by atoms with Crippen molar-refractivity contribution in [2.75, 3.05) is 25.6 Å². The normalized spacial score (nSPS) is 17.6. The highest BCUT2D eigenvalue weighted by atomic mass is 32.1. The lowest BCUT2D eigenvalue weighted by molar-refractivity contribution is -0.160. The van der Waals surface area contributed by atoms with Crippen molar-refractivity contribution in [3.05, 3.63) is 11.1 Å². The van der Waals surface area contributed by atoms with Crippen LogP contribution >= 0.6 is 11.3 Å². The molecule has 1 aromatic heterocycles. The largest absolute Gasteiger partial charge is 0.508 e. The second-order valence-corrected chi connectivity index (χ2v) is 19.7. The van der Waals surface area contributed by atoms with E-state index in [-0.39, 0.29) is 34.1 Å². The maximum atomic E-state index is 13.6. The van der Waals surface area contributed by atoms with Crippen molar-refractivity contribution in [2.45, 2.75) is 104 Å². The zero-order chi connectivity index (χ0) is 34.5. The Hall–Kier alpha value is -3.73. The minimum atomic E-state index is -2.47. The molecule has 2 atom stereocenters. The third-order valence-electron chi connectivity index (χ3n) is 6.81. The van der Waals surface area contributed by atoms with Crippen LogP contribution in [-0.4, -0.2) is 97.1 Å². The van der Waals surface area contributed by atoms with Crippen LogP contribution in [0, 0.1) is 0 Å². The highest BCUT2D eigenvalue weighted by molar-refractivity contribution is 7.14. The number of thiazole rings is 1. The van der Waals surface area contributed by atoms with Crippen LogP contribution in [-0.2, 0) is 38.2 Å². The number of anilines is 1. The van der Waals surface area contributed by atoms with Crippen molar-refractivity contribution in [3.8, 4) is 0 Å². The average Bonchev–Trinajstić information content (AvgIpc) is 3.31. The second-order valence-electron chi connectivity index (χ2n) is 13.8. The van der Waals surface area contributed by atoms with Gasteiger partial charge in [-0.2, -0.15) is 0 Å². The van der Waals surface area contributed by atoms with E-state index in [4.69, 9.17) is 19.0 Å². The molecule has 0 saturated carbocycles. The number of carbonyl (C=O) groups excluding carboxylic acids is 5. The fourth-order valence-corrected chi connectivity index (χ4v) is 7.05. The topological polar surface area (TPSA) is 184 Å². The van der Waals surface area contributed by atoms with Crippen LogP contribution in [0.5, 0.6) is 0 Å². The van der Waals surface area contributed by atoms with Crippen molar-refractivity contribution < 1.29 is 47.8 Å². The van der Waals surface area contributed by atoms with Crippen molar-refractivity contribution >= 4 is 60.4 Å². The third-order valence-corrected chi connectivity index (χ3v) is 13.0. The summed E-state index contributed by atoms with van der Waals surface area (Å²) < 4.78 is 21.9. The number of esters is 1. The number of aromatic nitrogens is 1. The van der Waals surface area contributed by atoms with Crippen LogP contribution in [0.4, 0.5) is 14.7 Å². The summed E-state index contributed by atoms with van der Waals surface area (Å²) in [6.45, 7) is 19.4. The molecule has 1 fully saturated rings. The highest BCUT2D eigenvalue weighted by Crippen LogP contribution is 2.43. The van der Waals surface area contributed by atoms with Crippen LogP contribution in [0.25, 0.3) is 0 Å². The van der Waals surface area contributed by atoms with Gasteiger partial charge in [0.2, 0.25) is 12.5 Å². The molecule has 0 aromatic carbocycles. The molecule has 252 valence electrons. The molecular weight excluding hydrogens is 626 g/mol. The Bertz CT molecular complexity index is 1310. The lowest BCUT2D eigenvalue weighted by Crippen LogP contribution is -2.80. The predicted octanol–water partition coefficient (Wildman–Crippen LogP) is 4.04. The van der Waals surface area contributed by atoms with E-state index in [0.29, 0.717) is 0 Å². The number of methoxy groups -OCH3 is 1. The van der Waals surface area contributed by atoms with E-state index in [9.17, 15) is 24.0 Å². The maximum Gasteiger partial charge on any atom is 0.508 e. The van der Waals surface area contributed by atoms with Gasteiger partial charge in [-0.05, 0) is 46.6 Å². The van der Waals surface area contributed by atoms with Crippen molar-refractivity contribution in [1.29, 1.82) is 0 Å². The number of rotatable bonds is 10. The van der Waals surface area contributed by atoms with Gasteiger partial charge in [0.25, 0.3) is 5.91 Å². The summed E-state index contributed by atoms with van der Waals surface area (Å²) in [4.78, 5) is 72.8. The predicted molar refractivity (Wildman–Crippen MR) is 168 cm³/mol. The minimum Gasteiger partial charge on any atom is -0.457 e. The Labute approximate surface area is 268 Å². The number of oxime groups is 1. The summed E-state index contributed by atoms with van der Waals surface area (Å²) in [5.41, 5.74) is -1.92. The number of β-lactam (4-membered cyclic amide) rings is 1. The first-order valence-corrected chi connectivity index (χ1v) is 18.0. The van der Waals surface area contributed by atoms with Gasteiger partial charge in [-0.15, -0.1) is 11.3 Å². The Morgan fingerprint density at radius 1 is 1.02 bits per heavy atom. The molecule has 2 rings (SSSR count). The highest BCUT2D eigenvalue weighted by Gasteiger charge is 2.58. The van der Waals surface area contributed by atoms with Crippen LogP contribution in [0.15, 0.2) is 10.5 Å². The molecule has 15 nitrogen and oxygen atoms in total. The van der Waals surface area contributed by atoms with E-state index < -0.39 is 62.3 Å². The van der Waals surface area contributed by atoms with Gasteiger partial charge in [0, 0.05) is 5.38 Å². The summed E-state index contributed by atoms with van der Waals surface area (Å²) in [6.07, 6.45) is -1.69. The minimum absolute atomic E-state index is 0.0110.